The number of hydrogen-bond acceptors (Lipinski definition) is 3. The Kier molecular flexibility index (Phi) is 5.66. The van der Waals surface area contributed by atoms with E-state index in [1.807, 2.05) is 6.92 Å². The Morgan fingerprint density at radius 1 is 1.29 bits per heavy atom. The first kappa shape index (κ1) is 14.2. The lowest BCUT2D eigenvalue weighted by molar-refractivity contribution is -0.159. The molecule has 97 valence electrons. The Labute approximate surface area is 104 Å². The molecule has 0 heterocycles. The molecule has 1 fully saturated rings. The summed E-state index contributed by atoms with van der Waals surface area (Å²) in [5.41, 5.74) is -0.970. The molecule has 3 nitrogen and oxygen atoms in total. The molecule has 17 heavy (non-hydrogen) atoms. The zero-order valence-corrected chi connectivity index (χ0v) is 11.0. The molecular weight excluding hydrogens is 216 g/mol. The van der Waals surface area contributed by atoms with Crippen LogP contribution in [0.15, 0.2) is 0 Å². The van der Waals surface area contributed by atoms with Gasteiger partial charge >= 0.3 is 5.97 Å². The maximum absolute atomic E-state index is 11.5. The normalized spacial score (nSPS) is 20.6. The van der Waals surface area contributed by atoms with Gasteiger partial charge in [0.1, 0.15) is 0 Å². The van der Waals surface area contributed by atoms with Crippen molar-refractivity contribution >= 4 is 12.3 Å². The smallest absolute Gasteiger partial charge is 0.306 e. The quantitative estimate of drug-likeness (QED) is 0.669. The van der Waals surface area contributed by atoms with Crippen molar-refractivity contribution in [1.29, 1.82) is 0 Å². The van der Waals surface area contributed by atoms with Crippen LogP contribution in [0.5, 0.6) is 0 Å². The summed E-state index contributed by atoms with van der Waals surface area (Å²) in [6.07, 6.45) is 9.25. The van der Waals surface area contributed by atoms with Gasteiger partial charge in [-0.1, -0.05) is 39.5 Å². The summed E-state index contributed by atoms with van der Waals surface area (Å²) in [7, 11) is 0. The van der Waals surface area contributed by atoms with Gasteiger partial charge < -0.3 is 4.74 Å². The third-order valence-corrected chi connectivity index (χ3v) is 3.64. The van der Waals surface area contributed by atoms with Gasteiger partial charge in [-0.3, -0.25) is 9.59 Å². The minimum absolute atomic E-state index is 0.171. The van der Waals surface area contributed by atoms with Gasteiger partial charge in [-0.15, -0.1) is 0 Å². The average Bonchev–Trinajstić information content (AvgIpc) is 2.39. The fraction of sp³-hybridized carbons (Fsp3) is 0.857. The predicted octanol–water partition coefficient (Wildman–Crippen LogP) is 3.17. The third kappa shape index (κ3) is 3.55. The second kappa shape index (κ2) is 6.77. The molecule has 3 heteroatoms. The van der Waals surface area contributed by atoms with Gasteiger partial charge in [-0.25, -0.2) is 0 Å². The highest BCUT2D eigenvalue weighted by Crippen LogP contribution is 2.37. The van der Waals surface area contributed by atoms with E-state index in [0.717, 1.165) is 32.1 Å². The van der Waals surface area contributed by atoms with Crippen LogP contribution in [0.2, 0.25) is 0 Å². The molecule has 0 amide bonds. The topological polar surface area (TPSA) is 43.4 Å². The van der Waals surface area contributed by atoms with Gasteiger partial charge in [-0.05, 0) is 19.3 Å². The van der Waals surface area contributed by atoms with Crippen molar-refractivity contribution in [2.24, 2.45) is 5.92 Å². The fourth-order valence-electron chi connectivity index (χ4n) is 2.71. The monoisotopic (exact) mass is 239 g/mol. The van der Waals surface area contributed by atoms with Crippen LogP contribution in [0.4, 0.5) is 0 Å². The van der Waals surface area contributed by atoms with Gasteiger partial charge in [0.25, 0.3) is 0 Å². The summed E-state index contributed by atoms with van der Waals surface area (Å²) in [5.74, 6) is -0.114. The zero-order valence-electron chi connectivity index (χ0n) is 11.0. The third-order valence-electron chi connectivity index (χ3n) is 3.64. The number of ether oxygens (including phenoxy) is 1. The molecule has 0 aromatic carbocycles. The fourth-order valence-corrected chi connectivity index (χ4v) is 2.71. The standard InChI is InChI=1S/C14H23O3/c1-3-10-14(11-15,17-13(16)4-2)12-8-6-5-7-9-12/h12H,3-10H2,1-2H3. The summed E-state index contributed by atoms with van der Waals surface area (Å²) in [6.45, 7) is 3.76. The molecule has 1 aliphatic rings. The Morgan fingerprint density at radius 2 is 1.94 bits per heavy atom. The molecule has 0 spiro atoms. The summed E-state index contributed by atoms with van der Waals surface area (Å²) in [5, 5.41) is 0. The highest BCUT2D eigenvalue weighted by Gasteiger charge is 2.42. The summed E-state index contributed by atoms with van der Waals surface area (Å²) in [4.78, 5) is 22.9. The molecule has 1 atom stereocenters. The highest BCUT2D eigenvalue weighted by atomic mass is 16.6. The van der Waals surface area contributed by atoms with Crippen LogP contribution in [0, 0.1) is 5.92 Å². The van der Waals surface area contributed by atoms with E-state index in [9.17, 15) is 9.59 Å². The first-order valence-electron chi connectivity index (χ1n) is 6.79. The lowest BCUT2D eigenvalue weighted by atomic mass is 9.75. The van der Waals surface area contributed by atoms with Crippen molar-refractivity contribution in [3.05, 3.63) is 0 Å². The number of carbonyl (C=O) groups is 1. The minimum atomic E-state index is -0.970. The molecule has 0 aromatic rings. The van der Waals surface area contributed by atoms with E-state index in [1.165, 1.54) is 6.42 Å². The summed E-state index contributed by atoms with van der Waals surface area (Å²) >= 11 is 0. The van der Waals surface area contributed by atoms with Gasteiger partial charge in [0.15, 0.2) is 5.60 Å². The lowest BCUT2D eigenvalue weighted by Gasteiger charge is -2.37. The van der Waals surface area contributed by atoms with E-state index in [4.69, 9.17) is 4.74 Å². The largest absolute Gasteiger partial charge is 0.450 e. The van der Waals surface area contributed by atoms with E-state index in [-0.39, 0.29) is 11.9 Å². The van der Waals surface area contributed by atoms with Gasteiger partial charge in [0.05, 0.1) is 0 Å². The van der Waals surface area contributed by atoms with Crippen molar-refractivity contribution < 1.29 is 14.3 Å². The molecule has 1 unspecified atom stereocenters. The van der Waals surface area contributed by atoms with Gasteiger partial charge in [-0.2, -0.15) is 0 Å². The van der Waals surface area contributed by atoms with E-state index in [1.54, 1.807) is 6.92 Å². The number of rotatable bonds is 6. The van der Waals surface area contributed by atoms with Crippen LogP contribution >= 0.6 is 0 Å². The van der Waals surface area contributed by atoms with E-state index >= 15 is 0 Å². The van der Waals surface area contributed by atoms with E-state index < -0.39 is 5.60 Å². The molecule has 0 aliphatic heterocycles. The van der Waals surface area contributed by atoms with Crippen LogP contribution in [0.25, 0.3) is 0 Å². The summed E-state index contributed by atoms with van der Waals surface area (Å²) < 4.78 is 5.45. The summed E-state index contributed by atoms with van der Waals surface area (Å²) in [6, 6.07) is 0. The molecule has 1 rings (SSSR count). The Bertz CT molecular complexity index is 256. The Balaban J connectivity index is 2.81. The Hall–Kier alpha value is -0.860. The van der Waals surface area contributed by atoms with Crippen LogP contribution in [-0.4, -0.2) is 17.9 Å². The number of carbonyl (C=O) groups excluding carboxylic acids is 2. The Morgan fingerprint density at radius 3 is 2.41 bits per heavy atom. The molecule has 0 N–H and O–H groups in total. The van der Waals surface area contributed by atoms with Crippen molar-refractivity contribution in [2.45, 2.75) is 70.8 Å². The molecule has 1 radical (unpaired) electrons. The molecule has 1 aliphatic carbocycles. The van der Waals surface area contributed by atoms with Crippen LogP contribution < -0.4 is 0 Å². The van der Waals surface area contributed by atoms with Crippen molar-refractivity contribution in [3.63, 3.8) is 0 Å². The highest BCUT2D eigenvalue weighted by molar-refractivity contribution is 5.75. The zero-order chi connectivity index (χ0) is 12.7. The maximum atomic E-state index is 11.5. The molecule has 0 bridgehead atoms. The minimum Gasteiger partial charge on any atom is -0.450 e. The molecular formula is C14H23O3. The van der Waals surface area contributed by atoms with Crippen LogP contribution in [0.3, 0.4) is 0 Å². The first-order chi connectivity index (χ1) is 8.18. The van der Waals surface area contributed by atoms with Crippen molar-refractivity contribution in [1.82, 2.24) is 0 Å². The van der Waals surface area contributed by atoms with Crippen LogP contribution in [0.1, 0.15) is 65.2 Å². The molecule has 0 saturated heterocycles. The number of hydrogen-bond donors (Lipinski definition) is 0. The average molecular weight is 239 g/mol. The van der Waals surface area contributed by atoms with Crippen molar-refractivity contribution in [2.75, 3.05) is 0 Å². The number of esters is 1. The van der Waals surface area contributed by atoms with Crippen LogP contribution in [-0.2, 0) is 14.3 Å². The SMILES string of the molecule is CCCC([C]=O)(OC(=O)CC)C1CCCCC1. The first-order valence-corrected chi connectivity index (χ1v) is 6.79. The molecule has 1 saturated carbocycles. The van der Waals surface area contributed by atoms with E-state index in [0.29, 0.717) is 12.8 Å². The maximum Gasteiger partial charge on any atom is 0.306 e. The second-order valence-electron chi connectivity index (χ2n) is 4.90. The van der Waals surface area contributed by atoms with Gasteiger partial charge in [0, 0.05) is 12.3 Å². The van der Waals surface area contributed by atoms with Gasteiger partial charge in [0.2, 0.25) is 6.29 Å². The predicted molar refractivity (Wildman–Crippen MR) is 66.3 cm³/mol. The van der Waals surface area contributed by atoms with E-state index in [2.05, 4.69) is 6.29 Å². The van der Waals surface area contributed by atoms with Crippen molar-refractivity contribution in [3.8, 4) is 0 Å². The molecule has 0 aromatic heterocycles. The lowest BCUT2D eigenvalue weighted by Crippen LogP contribution is -2.45. The second-order valence-corrected chi connectivity index (χ2v) is 4.90.